The quantitative estimate of drug-likeness (QED) is 0.673. The van der Waals surface area contributed by atoms with Gasteiger partial charge in [-0.3, -0.25) is 9.59 Å². The largest absolute Gasteiger partial charge is 0.480 e. The highest BCUT2D eigenvalue weighted by Crippen LogP contribution is 2.63. The molecule has 6 heteroatoms. The van der Waals surface area contributed by atoms with Gasteiger partial charge in [0, 0.05) is 13.3 Å². The molecule has 0 aromatic carbocycles. The fraction of sp³-hybridized carbons (Fsp3) is 0.727. The van der Waals surface area contributed by atoms with Crippen LogP contribution in [0, 0.1) is 5.92 Å². The molecule has 0 bridgehead atoms. The average Bonchev–Trinajstić information content (AvgIpc) is 2.69. The van der Waals surface area contributed by atoms with Gasteiger partial charge in [0.25, 0.3) is 5.91 Å². The molecule has 17 heavy (non-hydrogen) atoms. The number of amides is 1. The van der Waals surface area contributed by atoms with Gasteiger partial charge in [0.05, 0.1) is 5.54 Å². The number of hydrogen-bond donors (Lipinski definition) is 1. The minimum Gasteiger partial charge on any atom is -0.480 e. The molecule has 1 N–H and O–H groups in total. The van der Waals surface area contributed by atoms with Crippen LogP contribution < -0.4 is 0 Å². The van der Waals surface area contributed by atoms with E-state index < -0.39 is 24.1 Å². The second-order valence-corrected chi connectivity index (χ2v) is 5.10. The van der Waals surface area contributed by atoms with Crippen LogP contribution in [0.15, 0.2) is 0 Å². The first-order valence-electron chi connectivity index (χ1n) is 5.69. The van der Waals surface area contributed by atoms with E-state index in [1.165, 1.54) is 11.8 Å². The van der Waals surface area contributed by atoms with Crippen LogP contribution in [-0.4, -0.2) is 45.5 Å². The Morgan fingerprint density at radius 1 is 1.47 bits per heavy atom. The van der Waals surface area contributed by atoms with Gasteiger partial charge in [0.2, 0.25) is 0 Å². The summed E-state index contributed by atoms with van der Waals surface area (Å²) in [5, 5.41) is 9.08. The van der Waals surface area contributed by atoms with Crippen molar-refractivity contribution in [3.05, 3.63) is 0 Å². The number of carbonyl (C=O) groups excluding carboxylic acids is 2. The Bertz CT molecular complexity index is 434. The lowest BCUT2D eigenvalue weighted by atomic mass is 10.1. The highest BCUT2D eigenvalue weighted by molar-refractivity contribution is 5.92. The molecular formula is C11H13NO5. The number of ether oxygens (including phenoxy) is 1. The third kappa shape index (κ3) is 1.23. The number of carboxylic acid groups (broad SMARTS) is 1. The Kier molecular flexibility index (Phi) is 1.86. The highest BCUT2D eigenvalue weighted by Gasteiger charge is 2.73. The molecule has 3 fully saturated rings. The number of hydrogen-bond acceptors (Lipinski definition) is 4. The van der Waals surface area contributed by atoms with Gasteiger partial charge in [-0.05, 0) is 18.8 Å². The summed E-state index contributed by atoms with van der Waals surface area (Å²) in [6, 6.07) is -0.734. The van der Waals surface area contributed by atoms with Crippen LogP contribution in [0.1, 0.15) is 26.2 Å². The molecule has 4 atom stereocenters. The van der Waals surface area contributed by atoms with Crippen molar-refractivity contribution in [3.8, 4) is 0 Å². The number of carbonyl (C=O) groups is 3. The standard InChI is InChI=1S/C11H13NO5/c1-5(13)17-8-4-11-3-6(11)2-7(10(15)16)12(11)9(8)14/h6-8H,2-4H2,1H3,(H,15,16)/t6-,7-,8-,11-/m1/s1. The number of aliphatic carboxylic acids is 1. The van der Waals surface area contributed by atoms with Crippen molar-refractivity contribution < 1.29 is 24.2 Å². The predicted molar refractivity (Wildman–Crippen MR) is 53.9 cm³/mol. The second-order valence-electron chi connectivity index (χ2n) is 5.10. The van der Waals surface area contributed by atoms with Crippen molar-refractivity contribution >= 4 is 17.8 Å². The number of piperidine rings is 1. The molecule has 0 aromatic heterocycles. The van der Waals surface area contributed by atoms with Crippen LogP contribution in [0.2, 0.25) is 0 Å². The first kappa shape index (κ1) is 10.6. The smallest absolute Gasteiger partial charge is 0.326 e. The van der Waals surface area contributed by atoms with E-state index >= 15 is 0 Å². The summed E-state index contributed by atoms with van der Waals surface area (Å²) in [5.41, 5.74) is -0.319. The van der Waals surface area contributed by atoms with Gasteiger partial charge in [-0.15, -0.1) is 0 Å². The maximum absolute atomic E-state index is 12.1. The zero-order valence-electron chi connectivity index (χ0n) is 9.38. The minimum absolute atomic E-state index is 0.271. The van der Waals surface area contributed by atoms with Gasteiger partial charge in [-0.25, -0.2) is 4.79 Å². The zero-order valence-corrected chi connectivity index (χ0v) is 9.38. The van der Waals surface area contributed by atoms with Gasteiger partial charge >= 0.3 is 11.9 Å². The SMILES string of the molecule is CC(=O)O[C@@H]1C[C@]23C[C@H]2C[C@H](C(=O)O)N3C1=O. The number of carboxylic acids is 1. The highest BCUT2D eigenvalue weighted by atomic mass is 16.5. The molecule has 0 radical (unpaired) electrons. The third-order valence-electron chi connectivity index (χ3n) is 4.14. The number of nitrogens with zero attached hydrogens (tertiary/aromatic N) is 1. The monoisotopic (exact) mass is 239 g/mol. The van der Waals surface area contributed by atoms with E-state index in [1.807, 2.05) is 0 Å². The van der Waals surface area contributed by atoms with Crippen LogP contribution >= 0.6 is 0 Å². The molecule has 2 aliphatic heterocycles. The molecule has 0 unspecified atom stereocenters. The molecular weight excluding hydrogens is 226 g/mol. The zero-order chi connectivity index (χ0) is 12.4. The van der Waals surface area contributed by atoms with E-state index in [0.29, 0.717) is 12.8 Å². The van der Waals surface area contributed by atoms with Crippen LogP contribution in [0.25, 0.3) is 0 Å². The maximum atomic E-state index is 12.1. The molecule has 1 saturated carbocycles. The molecule has 2 heterocycles. The van der Waals surface area contributed by atoms with Crippen molar-refractivity contribution in [2.75, 3.05) is 0 Å². The summed E-state index contributed by atoms with van der Waals surface area (Å²) in [5.74, 6) is -1.53. The fourth-order valence-electron chi connectivity index (χ4n) is 3.44. The Hall–Kier alpha value is -1.59. The lowest BCUT2D eigenvalue weighted by Crippen LogP contribution is -2.45. The van der Waals surface area contributed by atoms with Crippen LogP contribution in [0.5, 0.6) is 0 Å². The van der Waals surface area contributed by atoms with Gasteiger partial charge in [-0.1, -0.05) is 0 Å². The molecule has 0 aromatic rings. The van der Waals surface area contributed by atoms with Crippen LogP contribution in [0.3, 0.4) is 0 Å². The van der Waals surface area contributed by atoms with Gasteiger partial charge < -0.3 is 14.7 Å². The summed E-state index contributed by atoms with van der Waals surface area (Å²) in [6.45, 7) is 1.26. The lowest BCUT2D eigenvalue weighted by molar-refractivity contribution is -0.157. The maximum Gasteiger partial charge on any atom is 0.326 e. The van der Waals surface area contributed by atoms with Crippen molar-refractivity contribution in [2.45, 2.75) is 43.9 Å². The second kappa shape index (κ2) is 3.00. The van der Waals surface area contributed by atoms with E-state index in [0.717, 1.165) is 6.42 Å². The molecule has 3 rings (SSSR count). The molecule has 6 nitrogen and oxygen atoms in total. The van der Waals surface area contributed by atoms with Gasteiger partial charge in [0.1, 0.15) is 6.04 Å². The summed E-state index contributed by atoms with van der Waals surface area (Å²) in [6.07, 6.45) is 1.06. The Morgan fingerprint density at radius 3 is 2.76 bits per heavy atom. The van der Waals surface area contributed by atoms with E-state index in [2.05, 4.69) is 0 Å². The Labute approximate surface area is 97.5 Å². The number of esters is 1. The van der Waals surface area contributed by atoms with E-state index in [4.69, 9.17) is 9.84 Å². The third-order valence-corrected chi connectivity index (χ3v) is 4.14. The fourth-order valence-corrected chi connectivity index (χ4v) is 3.44. The molecule has 1 amide bonds. The van der Waals surface area contributed by atoms with Crippen molar-refractivity contribution in [1.82, 2.24) is 4.90 Å². The Morgan fingerprint density at radius 2 is 2.18 bits per heavy atom. The van der Waals surface area contributed by atoms with E-state index in [-0.39, 0.29) is 17.4 Å². The molecule has 92 valence electrons. The molecule has 2 saturated heterocycles. The van der Waals surface area contributed by atoms with Gasteiger partial charge in [0.15, 0.2) is 6.10 Å². The average molecular weight is 239 g/mol. The minimum atomic E-state index is -0.964. The normalized spacial score (nSPS) is 42.1. The van der Waals surface area contributed by atoms with E-state index in [1.54, 1.807) is 0 Å². The topological polar surface area (TPSA) is 83.9 Å². The van der Waals surface area contributed by atoms with Crippen molar-refractivity contribution in [2.24, 2.45) is 5.92 Å². The van der Waals surface area contributed by atoms with Gasteiger partial charge in [-0.2, -0.15) is 0 Å². The summed E-state index contributed by atoms with van der Waals surface area (Å²) < 4.78 is 4.96. The number of rotatable bonds is 2. The predicted octanol–water partition coefficient (Wildman–Crippen LogP) is -0.234. The molecule has 3 aliphatic rings. The lowest BCUT2D eigenvalue weighted by Gasteiger charge is -2.24. The van der Waals surface area contributed by atoms with Crippen molar-refractivity contribution in [1.29, 1.82) is 0 Å². The summed E-state index contributed by atoms with van der Waals surface area (Å²) >= 11 is 0. The first-order valence-corrected chi connectivity index (χ1v) is 5.69. The van der Waals surface area contributed by atoms with Crippen LogP contribution in [-0.2, 0) is 19.1 Å². The Balaban J connectivity index is 1.86. The molecule has 1 aliphatic carbocycles. The van der Waals surface area contributed by atoms with E-state index in [9.17, 15) is 14.4 Å². The summed E-state index contributed by atoms with van der Waals surface area (Å²) in [4.78, 5) is 35.5. The van der Waals surface area contributed by atoms with Crippen LogP contribution in [0.4, 0.5) is 0 Å². The first-order chi connectivity index (χ1) is 7.95. The van der Waals surface area contributed by atoms with Crippen molar-refractivity contribution in [3.63, 3.8) is 0 Å². The molecule has 1 spiro atoms. The summed E-state index contributed by atoms with van der Waals surface area (Å²) in [7, 11) is 0.